The van der Waals surface area contributed by atoms with E-state index in [1.165, 1.54) is 32.7 Å². The van der Waals surface area contributed by atoms with Crippen molar-refractivity contribution < 1.29 is 50.7 Å². The summed E-state index contributed by atoms with van der Waals surface area (Å²) in [7, 11) is 0. The van der Waals surface area contributed by atoms with E-state index in [4.69, 9.17) is 0 Å². The summed E-state index contributed by atoms with van der Waals surface area (Å²) in [6.45, 7) is 10.3. The number of fused-ring (bicyclic) bond motifs is 2. The Morgan fingerprint density at radius 1 is 0.640 bits per heavy atom. The molecule has 3 heteroatoms. The maximum absolute atomic E-state index is 3.00. The van der Waals surface area contributed by atoms with Gasteiger partial charge in [-0.05, 0) is 0 Å². The van der Waals surface area contributed by atoms with Crippen molar-refractivity contribution in [2.45, 2.75) is 13.8 Å². The zero-order valence-corrected chi connectivity index (χ0v) is 19.7. The van der Waals surface area contributed by atoms with Crippen LogP contribution < -0.4 is 24.8 Å². The summed E-state index contributed by atoms with van der Waals surface area (Å²) < 4.78 is 0. The van der Waals surface area contributed by atoms with Gasteiger partial charge in [-0.1, -0.05) is 26.0 Å². The zero-order valence-electron chi connectivity index (χ0n) is 14.6. The molecule has 4 aromatic rings. The molecule has 0 heterocycles. The van der Waals surface area contributed by atoms with Gasteiger partial charge in [0.15, 0.2) is 0 Å². The van der Waals surface area contributed by atoms with Crippen LogP contribution in [0.5, 0.6) is 0 Å². The topological polar surface area (TPSA) is 0 Å². The fraction of sp³-hybridized carbons (Fsp3) is 0.0909. The van der Waals surface area contributed by atoms with E-state index < -0.39 is 0 Å². The summed E-state index contributed by atoms with van der Waals surface area (Å²) in [6.07, 6.45) is 0. The van der Waals surface area contributed by atoms with E-state index in [1.807, 2.05) is 0 Å². The van der Waals surface area contributed by atoms with Crippen LogP contribution in [-0.4, -0.2) is 0 Å². The van der Waals surface area contributed by atoms with Crippen molar-refractivity contribution >= 4 is 21.5 Å². The molecule has 0 aliphatic carbocycles. The van der Waals surface area contributed by atoms with E-state index >= 15 is 0 Å². The van der Waals surface area contributed by atoms with Gasteiger partial charge < -0.3 is 24.8 Å². The predicted octanol–water partition coefficient (Wildman–Crippen LogP) is 0.542. The molecular weight excluding hydrogens is 514 g/mol. The van der Waals surface area contributed by atoms with Crippen LogP contribution in [-0.2, 0) is 25.8 Å². The smallest absolute Gasteiger partial charge is 1.00 e. The summed E-state index contributed by atoms with van der Waals surface area (Å²) in [5.74, 6) is 0. The van der Waals surface area contributed by atoms with Crippen LogP contribution in [0.15, 0.2) is 86.0 Å². The van der Waals surface area contributed by atoms with Gasteiger partial charge in [0.2, 0.25) is 0 Å². The Kier molecular flexibility index (Phi) is 13.7. The van der Waals surface area contributed by atoms with Crippen molar-refractivity contribution in [1.29, 1.82) is 0 Å². The van der Waals surface area contributed by atoms with Gasteiger partial charge in [0.05, 0.1) is 0 Å². The summed E-state index contributed by atoms with van der Waals surface area (Å²) in [4.78, 5) is 0. The fourth-order valence-corrected chi connectivity index (χ4v) is 2.65. The SMILES string of the molecule is C=C.Cc1cccc2cc[cH-]c12.Cc1cccc2cc[cH-]c12.[Cl-].[Cl-].[Hf+4]. The second-order valence-electron chi connectivity index (χ2n) is 5.21. The molecule has 0 spiro atoms. The van der Waals surface area contributed by atoms with Crippen LogP contribution in [0.4, 0.5) is 0 Å². The van der Waals surface area contributed by atoms with Crippen LogP contribution in [0.1, 0.15) is 11.1 Å². The van der Waals surface area contributed by atoms with Crippen molar-refractivity contribution in [3.05, 3.63) is 97.1 Å². The van der Waals surface area contributed by atoms with Gasteiger partial charge in [0.25, 0.3) is 0 Å². The molecule has 0 aliphatic rings. The number of benzene rings is 2. The number of hydrogen-bond acceptors (Lipinski definition) is 0. The van der Waals surface area contributed by atoms with Crippen molar-refractivity contribution in [1.82, 2.24) is 0 Å². The molecule has 0 aromatic heterocycles. The quantitative estimate of drug-likeness (QED) is 0.175. The van der Waals surface area contributed by atoms with Crippen molar-refractivity contribution in [3.63, 3.8) is 0 Å². The van der Waals surface area contributed by atoms with Crippen LogP contribution >= 0.6 is 0 Å². The normalized spacial score (nSPS) is 8.56. The maximum Gasteiger partial charge on any atom is 4.00 e. The minimum atomic E-state index is 0. The van der Waals surface area contributed by atoms with Gasteiger partial charge in [0.1, 0.15) is 0 Å². The van der Waals surface area contributed by atoms with Crippen molar-refractivity contribution in [3.8, 4) is 0 Å². The van der Waals surface area contributed by atoms with Crippen molar-refractivity contribution in [2.75, 3.05) is 0 Å². The van der Waals surface area contributed by atoms with Gasteiger partial charge in [-0.15, -0.1) is 82.2 Å². The Bertz CT molecular complexity index is 786. The minimum Gasteiger partial charge on any atom is -1.00 e. The van der Waals surface area contributed by atoms with Gasteiger partial charge in [-0.25, -0.2) is 0 Å². The monoisotopic (exact) mass is 536 g/mol. The number of hydrogen-bond donors (Lipinski definition) is 0. The Morgan fingerprint density at radius 3 is 1.32 bits per heavy atom. The Morgan fingerprint density at radius 2 is 1.00 bits per heavy atom. The minimum absolute atomic E-state index is 0. The first-order valence-corrected chi connectivity index (χ1v) is 7.48. The average molecular weight is 536 g/mol. The van der Waals surface area contributed by atoms with Gasteiger partial charge in [-0.2, -0.15) is 24.3 Å². The summed E-state index contributed by atoms with van der Waals surface area (Å²) in [6, 6.07) is 25.5. The zero-order chi connectivity index (χ0) is 15.9. The van der Waals surface area contributed by atoms with E-state index in [1.54, 1.807) is 0 Å². The molecule has 128 valence electrons. The molecular formula is C22H22Cl2Hf. The van der Waals surface area contributed by atoms with E-state index in [-0.39, 0.29) is 50.7 Å². The van der Waals surface area contributed by atoms with Gasteiger partial charge in [0, 0.05) is 0 Å². The molecule has 0 bridgehead atoms. The maximum atomic E-state index is 3.00. The van der Waals surface area contributed by atoms with Crippen LogP contribution in [0.25, 0.3) is 21.5 Å². The van der Waals surface area contributed by atoms with Crippen LogP contribution in [0, 0.1) is 13.8 Å². The standard InChI is InChI=1S/2C10H9.C2H4.2ClH.Hf/c2*1-8-4-2-5-9-6-3-7-10(8)9;1-2;;;/h2*2-7H,1H3;1-2H2;2*1H;/q2*-1;;;;+4/p-2. The molecule has 0 aliphatic heterocycles. The molecule has 0 atom stereocenters. The number of halogens is 2. The first kappa shape index (κ1) is 26.1. The summed E-state index contributed by atoms with van der Waals surface area (Å²) in [5.41, 5.74) is 2.73. The average Bonchev–Trinajstić information content (AvgIpc) is 3.20. The van der Waals surface area contributed by atoms with Crippen molar-refractivity contribution in [2.24, 2.45) is 0 Å². The molecule has 4 rings (SSSR count). The summed E-state index contributed by atoms with van der Waals surface area (Å²) in [5, 5.41) is 5.45. The van der Waals surface area contributed by atoms with E-state index in [0.717, 1.165) is 0 Å². The Balaban J connectivity index is 0. The number of aryl methyl sites for hydroxylation is 2. The first-order chi connectivity index (χ1) is 10.8. The third-order valence-electron chi connectivity index (χ3n) is 3.79. The molecule has 0 saturated carbocycles. The van der Waals surface area contributed by atoms with Gasteiger partial charge in [-0.3, -0.25) is 0 Å². The van der Waals surface area contributed by atoms with Gasteiger partial charge >= 0.3 is 25.8 Å². The third kappa shape index (κ3) is 6.58. The second-order valence-corrected chi connectivity index (χ2v) is 5.21. The molecule has 0 amide bonds. The van der Waals surface area contributed by atoms with Crippen LogP contribution in [0.2, 0.25) is 0 Å². The molecule has 0 N–H and O–H groups in total. The van der Waals surface area contributed by atoms with Crippen LogP contribution in [0.3, 0.4) is 0 Å². The predicted molar refractivity (Wildman–Crippen MR) is 99.8 cm³/mol. The molecule has 25 heavy (non-hydrogen) atoms. The molecule has 0 saturated heterocycles. The van der Waals surface area contributed by atoms with E-state index in [9.17, 15) is 0 Å². The second kappa shape index (κ2) is 13.1. The molecule has 0 radical (unpaired) electrons. The third-order valence-corrected chi connectivity index (χ3v) is 3.79. The molecule has 0 unspecified atom stereocenters. The first-order valence-electron chi connectivity index (χ1n) is 7.48. The molecule has 0 nitrogen and oxygen atoms in total. The number of rotatable bonds is 0. The Hall–Kier alpha value is -1.15. The van der Waals surface area contributed by atoms with E-state index in [2.05, 4.69) is 99.8 Å². The summed E-state index contributed by atoms with van der Waals surface area (Å²) >= 11 is 0. The Labute approximate surface area is 182 Å². The molecule has 0 fully saturated rings. The molecule has 4 aromatic carbocycles. The largest absolute Gasteiger partial charge is 4.00 e. The fourth-order valence-electron chi connectivity index (χ4n) is 2.65. The van der Waals surface area contributed by atoms with E-state index in [0.29, 0.717) is 0 Å².